The number of allylic oxidation sites excluding steroid dienone is 1. The van der Waals surface area contributed by atoms with Gasteiger partial charge in [0.15, 0.2) is 10.8 Å². The van der Waals surface area contributed by atoms with Gasteiger partial charge in [-0.2, -0.15) is 13.4 Å². The van der Waals surface area contributed by atoms with Crippen LogP contribution in [0.25, 0.3) is 16.2 Å². The zero-order valence-electron chi connectivity index (χ0n) is 18.2. The molecular weight excluding hydrogens is 494 g/mol. The Balaban J connectivity index is 1.55. The number of halogens is 1. The first kappa shape index (κ1) is 22.7. The Morgan fingerprint density at radius 2 is 1.85 bits per heavy atom. The summed E-state index contributed by atoms with van der Waals surface area (Å²) in [6.07, 6.45) is 6.01. The van der Waals surface area contributed by atoms with Crippen molar-refractivity contribution in [1.82, 2.24) is 24.9 Å². The summed E-state index contributed by atoms with van der Waals surface area (Å²) >= 11 is 7.81. The van der Waals surface area contributed by atoms with Gasteiger partial charge in [-0.25, -0.2) is 15.0 Å². The van der Waals surface area contributed by atoms with Crippen LogP contribution in [0.2, 0.25) is 0 Å². The third-order valence-electron chi connectivity index (χ3n) is 5.27. The fourth-order valence-electron chi connectivity index (χ4n) is 3.51. The molecule has 0 N–H and O–H groups in total. The summed E-state index contributed by atoms with van der Waals surface area (Å²) in [5.41, 5.74) is 4.09. The molecule has 1 aromatic carbocycles. The molecule has 0 radical (unpaired) electrons. The molecular formula is C23H18ClN5O3S2. The number of aromatic nitrogens is 5. The third kappa shape index (κ3) is 4.36. The Kier molecular flexibility index (Phi) is 5.97. The number of benzene rings is 1. The number of pyridine rings is 1. The smallest absolute Gasteiger partial charge is 0.340 e. The third-order valence-corrected chi connectivity index (χ3v) is 7.78. The van der Waals surface area contributed by atoms with Gasteiger partial charge in [-0.3, -0.25) is 4.98 Å². The van der Waals surface area contributed by atoms with E-state index in [9.17, 15) is 8.42 Å². The van der Waals surface area contributed by atoms with Crippen LogP contribution in [0.5, 0.6) is 5.88 Å². The van der Waals surface area contributed by atoms with Gasteiger partial charge in [0.05, 0.1) is 16.3 Å². The second-order valence-electron chi connectivity index (χ2n) is 7.60. The van der Waals surface area contributed by atoms with E-state index in [-0.39, 0.29) is 10.8 Å². The molecule has 3 heterocycles. The van der Waals surface area contributed by atoms with Gasteiger partial charge in [-0.1, -0.05) is 36.2 Å². The second kappa shape index (κ2) is 8.94. The zero-order valence-corrected chi connectivity index (χ0v) is 20.6. The Hall–Kier alpha value is -3.08. The van der Waals surface area contributed by atoms with E-state index in [2.05, 4.69) is 24.9 Å². The second-order valence-corrected chi connectivity index (χ2v) is 10.6. The molecule has 0 saturated carbocycles. The summed E-state index contributed by atoms with van der Waals surface area (Å²) in [7, 11) is -4.13. The van der Waals surface area contributed by atoms with Crippen LogP contribution in [0.3, 0.4) is 0 Å². The molecule has 0 atom stereocenters. The minimum absolute atomic E-state index is 0.0331. The monoisotopic (exact) mass is 511 g/mol. The highest BCUT2D eigenvalue weighted by molar-refractivity contribution is 7.99. The van der Waals surface area contributed by atoms with E-state index in [4.69, 9.17) is 15.8 Å². The summed E-state index contributed by atoms with van der Waals surface area (Å²) in [5.74, 6) is -0.0879. The zero-order chi connectivity index (χ0) is 23.9. The molecule has 3 aromatic heterocycles. The van der Waals surface area contributed by atoms with E-state index in [1.807, 2.05) is 19.9 Å². The minimum Gasteiger partial charge on any atom is -0.357 e. The standard InChI is InChI=1S/C23H18ClN5O3S2/c1-3-14-10-17-19(20(14)24)22(32-34(30,31)16-6-4-13(2)5-7-16)29-23(28-17)33-15-11-18-21(27-12-15)26-9-8-25-18/h4-9,11-12H,3,10H2,1-2H3. The molecule has 0 spiro atoms. The van der Waals surface area contributed by atoms with Crippen molar-refractivity contribution in [3.63, 3.8) is 0 Å². The van der Waals surface area contributed by atoms with Crippen molar-refractivity contribution < 1.29 is 12.6 Å². The maximum atomic E-state index is 13.0. The van der Waals surface area contributed by atoms with Gasteiger partial charge in [-0.15, -0.1) is 0 Å². The van der Waals surface area contributed by atoms with Gasteiger partial charge < -0.3 is 4.18 Å². The first-order chi connectivity index (χ1) is 16.3. The van der Waals surface area contributed by atoms with Crippen molar-refractivity contribution in [1.29, 1.82) is 0 Å². The van der Waals surface area contributed by atoms with Crippen LogP contribution in [-0.4, -0.2) is 33.3 Å². The Bertz CT molecular complexity index is 1560. The van der Waals surface area contributed by atoms with Crippen molar-refractivity contribution in [3.8, 4) is 5.88 Å². The minimum atomic E-state index is -4.13. The lowest BCUT2D eigenvalue weighted by molar-refractivity contribution is 0.470. The summed E-state index contributed by atoms with van der Waals surface area (Å²) < 4.78 is 31.6. The van der Waals surface area contributed by atoms with E-state index in [0.29, 0.717) is 45.5 Å². The number of rotatable bonds is 6. The molecule has 0 unspecified atom stereocenters. The quantitative estimate of drug-likeness (QED) is 0.262. The number of nitrogens with zero attached hydrogens (tertiary/aromatic N) is 5. The van der Waals surface area contributed by atoms with Gasteiger partial charge in [0.25, 0.3) is 0 Å². The molecule has 1 aliphatic carbocycles. The van der Waals surface area contributed by atoms with Crippen molar-refractivity contribution in [2.75, 3.05) is 0 Å². The maximum absolute atomic E-state index is 13.0. The van der Waals surface area contributed by atoms with E-state index in [1.54, 1.807) is 30.7 Å². The van der Waals surface area contributed by atoms with Crippen LogP contribution in [0.1, 0.15) is 30.2 Å². The topological polar surface area (TPSA) is 108 Å². The molecule has 8 nitrogen and oxygen atoms in total. The molecule has 1 aliphatic rings. The predicted molar refractivity (Wildman–Crippen MR) is 129 cm³/mol. The Labute approximate surface area is 205 Å². The van der Waals surface area contributed by atoms with E-state index in [1.165, 1.54) is 23.9 Å². The fourth-order valence-corrected chi connectivity index (χ4v) is 5.57. The highest BCUT2D eigenvalue weighted by atomic mass is 35.5. The van der Waals surface area contributed by atoms with E-state index in [0.717, 1.165) is 16.0 Å². The summed E-state index contributed by atoms with van der Waals surface area (Å²) in [6.45, 7) is 3.86. The van der Waals surface area contributed by atoms with Crippen molar-refractivity contribution in [2.24, 2.45) is 0 Å². The van der Waals surface area contributed by atoms with Gasteiger partial charge in [0, 0.05) is 29.9 Å². The predicted octanol–water partition coefficient (Wildman–Crippen LogP) is 4.96. The van der Waals surface area contributed by atoms with Gasteiger partial charge >= 0.3 is 10.1 Å². The van der Waals surface area contributed by atoms with Crippen molar-refractivity contribution in [2.45, 2.75) is 41.6 Å². The normalized spacial score (nSPS) is 13.4. The highest BCUT2D eigenvalue weighted by Crippen LogP contribution is 2.43. The molecule has 172 valence electrons. The van der Waals surface area contributed by atoms with Crippen LogP contribution in [0, 0.1) is 6.92 Å². The van der Waals surface area contributed by atoms with Crippen LogP contribution < -0.4 is 4.18 Å². The summed E-state index contributed by atoms with van der Waals surface area (Å²) in [6, 6.07) is 8.24. The Morgan fingerprint density at radius 1 is 1.09 bits per heavy atom. The molecule has 0 amide bonds. The lowest BCUT2D eigenvalue weighted by atomic mass is 10.2. The number of hydrogen-bond donors (Lipinski definition) is 0. The molecule has 0 saturated heterocycles. The number of hydrogen-bond acceptors (Lipinski definition) is 9. The number of fused-ring (bicyclic) bond motifs is 2. The highest BCUT2D eigenvalue weighted by Gasteiger charge is 2.30. The Morgan fingerprint density at radius 3 is 2.62 bits per heavy atom. The summed E-state index contributed by atoms with van der Waals surface area (Å²) in [5, 5.41) is 0.755. The molecule has 0 aliphatic heterocycles. The van der Waals surface area contributed by atoms with Crippen LogP contribution in [0.4, 0.5) is 0 Å². The van der Waals surface area contributed by atoms with E-state index < -0.39 is 10.1 Å². The molecule has 11 heteroatoms. The average molecular weight is 512 g/mol. The molecule has 0 bridgehead atoms. The molecule has 4 aromatic rings. The van der Waals surface area contributed by atoms with Crippen LogP contribution >= 0.6 is 23.4 Å². The van der Waals surface area contributed by atoms with E-state index >= 15 is 0 Å². The SMILES string of the molecule is CCC1=C(Cl)c2c(nc(Sc3cnc4nccnc4c3)nc2OS(=O)(=O)c2ccc(C)cc2)C1. The van der Waals surface area contributed by atoms with Crippen molar-refractivity contribution >= 4 is 49.7 Å². The lowest BCUT2D eigenvalue weighted by Crippen LogP contribution is -2.13. The van der Waals surface area contributed by atoms with Gasteiger partial charge in [0.2, 0.25) is 5.88 Å². The van der Waals surface area contributed by atoms with Crippen LogP contribution in [-0.2, 0) is 16.5 Å². The average Bonchev–Trinajstić information content (AvgIpc) is 3.14. The fraction of sp³-hybridized carbons (Fsp3) is 0.174. The lowest BCUT2D eigenvalue weighted by Gasteiger charge is -2.12. The molecule has 34 heavy (non-hydrogen) atoms. The van der Waals surface area contributed by atoms with Crippen molar-refractivity contribution in [3.05, 3.63) is 71.3 Å². The molecule has 0 fully saturated rings. The largest absolute Gasteiger partial charge is 0.357 e. The maximum Gasteiger partial charge on any atom is 0.340 e. The summed E-state index contributed by atoms with van der Waals surface area (Å²) in [4.78, 5) is 22.6. The van der Waals surface area contributed by atoms with Gasteiger partial charge in [-0.05, 0) is 48.9 Å². The number of aryl methyl sites for hydroxylation is 1. The van der Waals surface area contributed by atoms with Gasteiger partial charge in [0.1, 0.15) is 10.4 Å². The molecule has 5 rings (SSSR count). The van der Waals surface area contributed by atoms with Crippen LogP contribution in [0.15, 0.2) is 69.4 Å². The first-order valence-electron chi connectivity index (χ1n) is 10.4. The first-order valence-corrected chi connectivity index (χ1v) is 13.0.